The Morgan fingerprint density at radius 2 is 2.11 bits per heavy atom. The smallest absolute Gasteiger partial charge is 0.185 e. The molecule has 0 atom stereocenters. The normalized spacial score (nSPS) is 17.1. The maximum absolute atomic E-state index is 8.64. The molecule has 6 heteroatoms. The van der Waals surface area contributed by atoms with Gasteiger partial charge in [0.25, 0.3) is 0 Å². The number of thiazole rings is 1. The summed E-state index contributed by atoms with van der Waals surface area (Å²) in [7, 11) is 0. The molecule has 0 bridgehead atoms. The van der Waals surface area contributed by atoms with E-state index in [0.717, 1.165) is 44.3 Å². The molecular formula is C13H23N3O2S. The summed E-state index contributed by atoms with van der Waals surface area (Å²) in [4.78, 5) is 10.6. The van der Waals surface area contributed by atoms with Crippen molar-refractivity contribution < 1.29 is 9.84 Å². The lowest BCUT2D eigenvalue weighted by Gasteiger charge is -2.34. The molecule has 0 radical (unpaired) electrons. The lowest BCUT2D eigenvalue weighted by molar-refractivity contribution is 0.0724. The van der Waals surface area contributed by atoms with Crippen molar-refractivity contribution in [1.82, 2.24) is 9.88 Å². The average Bonchev–Trinajstić information content (AvgIpc) is 2.93. The lowest BCUT2D eigenvalue weighted by Crippen LogP contribution is -2.47. The molecule has 1 saturated heterocycles. The fraction of sp³-hybridized carbons (Fsp3) is 0.769. The number of nitrogens with zero attached hydrogens (tertiary/aromatic N) is 3. The molecule has 1 aliphatic heterocycles. The van der Waals surface area contributed by atoms with Crippen LogP contribution in [0, 0.1) is 0 Å². The summed E-state index contributed by atoms with van der Waals surface area (Å²) >= 11 is 1.81. The van der Waals surface area contributed by atoms with E-state index in [0.29, 0.717) is 13.2 Å². The van der Waals surface area contributed by atoms with Crippen LogP contribution in [0.3, 0.4) is 0 Å². The molecular weight excluding hydrogens is 262 g/mol. The van der Waals surface area contributed by atoms with E-state index in [4.69, 9.17) is 9.84 Å². The van der Waals surface area contributed by atoms with Gasteiger partial charge in [-0.25, -0.2) is 4.98 Å². The Hall–Kier alpha value is -0.690. The summed E-state index contributed by atoms with van der Waals surface area (Å²) < 4.78 is 5.30. The Morgan fingerprint density at radius 3 is 2.74 bits per heavy atom. The highest BCUT2D eigenvalue weighted by Gasteiger charge is 2.18. The van der Waals surface area contributed by atoms with Gasteiger partial charge in [-0.1, -0.05) is 6.92 Å². The first-order valence-electron chi connectivity index (χ1n) is 6.94. The van der Waals surface area contributed by atoms with Crippen LogP contribution in [0.25, 0.3) is 0 Å². The maximum atomic E-state index is 8.64. The van der Waals surface area contributed by atoms with E-state index in [9.17, 15) is 0 Å². The molecule has 0 unspecified atom stereocenters. The van der Waals surface area contributed by atoms with Crippen LogP contribution in [0.5, 0.6) is 0 Å². The highest BCUT2D eigenvalue weighted by molar-refractivity contribution is 7.15. The van der Waals surface area contributed by atoms with Crippen molar-refractivity contribution in [2.75, 3.05) is 57.4 Å². The molecule has 0 aliphatic carbocycles. The molecule has 1 aromatic heterocycles. The largest absolute Gasteiger partial charge is 0.394 e. The van der Waals surface area contributed by atoms with Crippen LogP contribution in [0.15, 0.2) is 6.20 Å². The number of aliphatic hydroxyl groups is 1. The number of piperazine rings is 1. The SMILES string of the molecule is CCc1cnc(N2CCN(CCOCCO)CC2)s1. The van der Waals surface area contributed by atoms with Gasteiger partial charge in [0.1, 0.15) is 0 Å². The number of aliphatic hydroxyl groups excluding tert-OH is 1. The minimum atomic E-state index is 0.109. The summed E-state index contributed by atoms with van der Waals surface area (Å²) in [6, 6.07) is 0. The predicted molar refractivity (Wildman–Crippen MR) is 78.0 cm³/mol. The van der Waals surface area contributed by atoms with Crippen molar-refractivity contribution in [2.24, 2.45) is 0 Å². The third kappa shape index (κ3) is 4.42. The molecule has 5 nitrogen and oxygen atoms in total. The van der Waals surface area contributed by atoms with Crippen LogP contribution >= 0.6 is 11.3 Å². The monoisotopic (exact) mass is 285 g/mol. The number of rotatable bonds is 7. The molecule has 19 heavy (non-hydrogen) atoms. The summed E-state index contributed by atoms with van der Waals surface area (Å²) in [5.41, 5.74) is 0. The van der Waals surface area contributed by atoms with Gasteiger partial charge in [0.15, 0.2) is 5.13 Å². The quantitative estimate of drug-likeness (QED) is 0.752. The number of hydrogen-bond donors (Lipinski definition) is 1. The van der Waals surface area contributed by atoms with Gasteiger partial charge in [0, 0.05) is 43.8 Å². The molecule has 0 amide bonds. The molecule has 1 aliphatic rings. The van der Waals surface area contributed by atoms with Gasteiger partial charge in [-0.3, -0.25) is 4.90 Å². The van der Waals surface area contributed by atoms with Gasteiger partial charge < -0.3 is 14.7 Å². The molecule has 108 valence electrons. The van der Waals surface area contributed by atoms with Crippen LogP contribution in [0.4, 0.5) is 5.13 Å². The van der Waals surface area contributed by atoms with Crippen molar-refractivity contribution in [3.8, 4) is 0 Å². The predicted octanol–water partition coefficient (Wildman–Crippen LogP) is 0.836. The minimum absolute atomic E-state index is 0.109. The molecule has 1 aromatic rings. The van der Waals surface area contributed by atoms with Gasteiger partial charge >= 0.3 is 0 Å². The van der Waals surface area contributed by atoms with E-state index in [1.165, 1.54) is 4.88 Å². The Bertz CT molecular complexity index is 365. The Kier molecular flexibility index (Phi) is 6.03. The first kappa shape index (κ1) is 14.7. The van der Waals surface area contributed by atoms with Crippen LogP contribution in [0.2, 0.25) is 0 Å². The summed E-state index contributed by atoms with van der Waals surface area (Å²) in [5.74, 6) is 0. The van der Waals surface area contributed by atoms with Crippen molar-refractivity contribution in [3.63, 3.8) is 0 Å². The summed E-state index contributed by atoms with van der Waals surface area (Å²) in [6.45, 7) is 8.57. The maximum Gasteiger partial charge on any atom is 0.185 e. The van der Waals surface area contributed by atoms with Crippen LogP contribution in [0.1, 0.15) is 11.8 Å². The van der Waals surface area contributed by atoms with Crippen molar-refractivity contribution in [1.29, 1.82) is 0 Å². The van der Waals surface area contributed by atoms with Crippen molar-refractivity contribution in [2.45, 2.75) is 13.3 Å². The zero-order valence-corrected chi connectivity index (χ0v) is 12.4. The topological polar surface area (TPSA) is 48.8 Å². The van der Waals surface area contributed by atoms with Gasteiger partial charge in [0.05, 0.1) is 19.8 Å². The molecule has 2 heterocycles. The van der Waals surface area contributed by atoms with Crippen molar-refractivity contribution >= 4 is 16.5 Å². The number of aromatic nitrogens is 1. The van der Waals surface area contributed by atoms with Gasteiger partial charge in [-0.2, -0.15) is 0 Å². The fourth-order valence-electron chi connectivity index (χ4n) is 2.13. The van der Waals surface area contributed by atoms with Crippen LogP contribution < -0.4 is 4.90 Å². The third-order valence-electron chi connectivity index (χ3n) is 3.32. The second kappa shape index (κ2) is 7.79. The van der Waals surface area contributed by atoms with Gasteiger partial charge in [-0.05, 0) is 6.42 Å². The number of aryl methyl sites for hydroxylation is 1. The number of ether oxygens (including phenoxy) is 1. The van der Waals surface area contributed by atoms with Crippen LogP contribution in [-0.4, -0.2) is 67.5 Å². The van der Waals surface area contributed by atoms with Gasteiger partial charge in [-0.15, -0.1) is 11.3 Å². The zero-order valence-electron chi connectivity index (χ0n) is 11.5. The van der Waals surface area contributed by atoms with E-state index in [1.54, 1.807) is 0 Å². The van der Waals surface area contributed by atoms with Crippen LogP contribution in [-0.2, 0) is 11.2 Å². The van der Waals surface area contributed by atoms with E-state index >= 15 is 0 Å². The Balaban J connectivity index is 1.70. The fourth-order valence-corrected chi connectivity index (χ4v) is 3.03. The highest BCUT2D eigenvalue weighted by Crippen LogP contribution is 2.23. The first-order valence-corrected chi connectivity index (χ1v) is 7.75. The average molecular weight is 285 g/mol. The molecule has 1 fully saturated rings. The molecule has 1 N–H and O–H groups in total. The van der Waals surface area contributed by atoms with E-state index < -0.39 is 0 Å². The minimum Gasteiger partial charge on any atom is -0.394 e. The number of hydrogen-bond acceptors (Lipinski definition) is 6. The molecule has 0 aromatic carbocycles. The first-order chi connectivity index (χ1) is 9.33. The third-order valence-corrected chi connectivity index (χ3v) is 4.52. The Morgan fingerprint density at radius 1 is 1.32 bits per heavy atom. The van der Waals surface area contributed by atoms with Gasteiger partial charge in [0.2, 0.25) is 0 Å². The summed E-state index contributed by atoms with van der Waals surface area (Å²) in [6.07, 6.45) is 3.06. The highest BCUT2D eigenvalue weighted by atomic mass is 32.1. The Labute approximate surface area is 118 Å². The summed E-state index contributed by atoms with van der Waals surface area (Å²) in [5, 5.41) is 9.80. The van der Waals surface area contributed by atoms with E-state index in [2.05, 4.69) is 21.7 Å². The second-order valence-electron chi connectivity index (χ2n) is 4.63. The van der Waals surface area contributed by atoms with Crippen molar-refractivity contribution in [3.05, 3.63) is 11.1 Å². The standard InChI is InChI=1S/C13H23N3O2S/c1-2-12-11-14-13(19-12)16-5-3-15(4-6-16)7-9-18-10-8-17/h11,17H,2-10H2,1H3. The van der Waals surface area contributed by atoms with E-state index in [-0.39, 0.29) is 6.61 Å². The van der Waals surface area contributed by atoms with E-state index in [1.807, 2.05) is 17.5 Å². The molecule has 2 rings (SSSR count). The molecule has 0 saturated carbocycles. The second-order valence-corrected chi connectivity index (χ2v) is 5.72. The number of anilines is 1. The zero-order chi connectivity index (χ0) is 13.5. The molecule has 0 spiro atoms. The lowest BCUT2D eigenvalue weighted by atomic mass is 10.3.